The number of carboxylic acids is 5. The van der Waals surface area contributed by atoms with E-state index < -0.39 is 68.6 Å². The van der Waals surface area contributed by atoms with E-state index in [2.05, 4.69) is 0 Å². The molecule has 0 aliphatic heterocycles. The molecule has 0 radical (unpaired) electrons. The van der Waals surface area contributed by atoms with E-state index in [0.29, 0.717) is 6.42 Å². The van der Waals surface area contributed by atoms with Crippen molar-refractivity contribution in [2.24, 2.45) is 0 Å². The van der Waals surface area contributed by atoms with Crippen LogP contribution in [0.1, 0.15) is 27.2 Å². The Balaban J connectivity index is 0. The molecular weight excluding hydrogens is 418 g/mol. The third kappa shape index (κ3) is 16.7. The van der Waals surface area contributed by atoms with Crippen molar-refractivity contribution in [1.82, 2.24) is 14.7 Å². The van der Waals surface area contributed by atoms with Crippen molar-refractivity contribution in [2.45, 2.75) is 33.2 Å². The smallest absolute Gasteiger partial charge is 0.317 e. The third-order valence-corrected chi connectivity index (χ3v) is 3.94. The zero-order valence-corrected chi connectivity index (χ0v) is 18.1. The lowest BCUT2D eigenvalue weighted by atomic mass is 10.1. The van der Waals surface area contributed by atoms with Gasteiger partial charge in [-0.15, -0.1) is 0 Å². The van der Waals surface area contributed by atoms with Crippen LogP contribution in [0, 0.1) is 0 Å². The summed E-state index contributed by atoms with van der Waals surface area (Å²) < 4.78 is 0. The molecule has 5 N–H and O–H groups in total. The minimum absolute atomic E-state index is 0.00264. The van der Waals surface area contributed by atoms with Crippen molar-refractivity contribution in [3.05, 3.63) is 0 Å². The summed E-state index contributed by atoms with van der Waals surface area (Å²) in [5, 5.41) is 44.9. The molecule has 0 saturated heterocycles. The third-order valence-electron chi connectivity index (χ3n) is 3.94. The second-order valence-corrected chi connectivity index (χ2v) is 6.38. The Labute approximate surface area is 180 Å². The molecule has 13 heteroatoms. The molecule has 0 aromatic heterocycles. The van der Waals surface area contributed by atoms with Crippen LogP contribution in [0.3, 0.4) is 0 Å². The maximum absolute atomic E-state index is 11.2. The average molecular weight is 451 g/mol. The van der Waals surface area contributed by atoms with Crippen LogP contribution in [0.4, 0.5) is 0 Å². The van der Waals surface area contributed by atoms with Crippen molar-refractivity contribution in [3.63, 3.8) is 0 Å². The molecule has 31 heavy (non-hydrogen) atoms. The van der Waals surface area contributed by atoms with Gasteiger partial charge >= 0.3 is 29.8 Å². The Morgan fingerprint density at radius 3 is 1.26 bits per heavy atom. The Morgan fingerprint density at radius 1 is 0.613 bits per heavy atom. The van der Waals surface area contributed by atoms with Gasteiger partial charge < -0.3 is 25.5 Å². The van der Waals surface area contributed by atoms with Gasteiger partial charge in [-0.1, -0.05) is 20.8 Å². The van der Waals surface area contributed by atoms with E-state index >= 15 is 0 Å². The molecule has 1 unspecified atom stereocenters. The van der Waals surface area contributed by atoms with Gasteiger partial charge in [-0.05, 0) is 6.42 Å². The summed E-state index contributed by atoms with van der Waals surface area (Å²) >= 11 is 0. The first-order chi connectivity index (χ1) is 14.4. The normalized spacial score (nSPS) is 11.7. The van der Waals surface area contributed by atoms with Crippen molar-refractivity contribution < 1.29 is 49.5 Å². The highest BCUT2D eigenvalue weighted by atomic mass is 16.4. The lowest BCUT2D eigenvalue weighted by Crippen LogP contribution is -2.50. The quantitative estimate of drug-likeness (QED) is 0.183. The molecule has 0 bridgehead atoms. The fourth-order valence-corrected chi connectivity index (χ4v) is 2.77. The van der Waals surface area contributed by atoms with Crippen LogP contribution in [0.25, 0.3) is 0 Å². The molecule has 0 rings (SSSR count). The van der Waals surface area contributed by atoms with Gasteiger partial charge in [0, 0.05) is 25.7 Å². The van der Waals surface area contributed by atoms with Crippen molar-refractivity contribution in [3.8, 4) is 0 Å². The largest absolute Gasteiger partial charge is 0.480 e. The summed E-state index contributed by atoms with van der Waals surface area (Å²) in [5.74, 6) is -6.13. The molecule has 0 aliphatic rings. The summed E-state index contributed by atoms with van der Waals surface area (Å²) in [7, 11) is 0. The van der Waals surface area contributed by atoms with E-state index in [1.54, 1.807) is 6.92 Å². The van der Waals surface area contributed by atoms with Gasteiger partial charge in [0.25, 0.3) is 0 Å². The van der Waals surface area contributed by atoms with Crippen LogP contribution in [0.2, 0.25) is 0 Å². The Kier molecular flexibility index (Phi) is 16.7. The first-order valence-electron chi connectivity index (χ1n) is 9.72. The summed E-state index contributed by atoms with van der Waals surface area (Å²) in [4.78, 5) is 58.7. The second-order valence-electron chi connectivity index (χ2n) is 6.38. The van der Waals surface area contributed by atoms with Gasteiger partial charge in [-0.2, -0.15) is 0 Å². The molecule has 0 saturated carbocycles. The monoisotopic (exact) mass is 451 g/mol. The molecule has 0 aromatic rings. The maximum atomic E-state index is 11.2. The Hall–Kier alpha value is -2.77. The zero-order chi connectivity index (χ0) is 24.6. The molecule has 180 valence electrons. The van der Waals surface area contributed by atoms with Crippen LogP contribution in [0.15, 0.2) is 0 Å². The number of hydrogen-bond donors (Lipinski definition) is 5. The Bertz CT molecular complexity index is 567. The molecule has 13 nitrogen and oxygen atoms in total. The van der Waals surface area contributed by atoms with E-state index in [9.17, 15) is 24.0 Å². The topological polar surface area (TPSA) is 196 Å². The zero-order valence-electron chi connectivity index (χ0n) is 18.1. The number of hydrogen-bond acceptors (Lipinski definition) is 8. The van der Waals surface area contributed by atoms with Crippen LogP contribution in [0.5, 0.6) is 0 Å². The first-order valence-corrected chi connectivity index (χ1v) is 9.72. The highest BCUT2D eigenvalue weighted by Gasteiger charge is 2.25. The number of rotatable bonds is 17. The minimum atomic E-state index is -1.24. The highest BCUT2D eigenvalue weighted by Crippen LogP contribution is 2.08. The van der Waals surface area contributed by atoms with Gasteiger partial charge in [0.2, 0.25) is 0 Å². The number of carbonyl (C=O) groups is 5. The lowest BCUT2D eigenvalue weighted by Gasteiger charge is -2.33. The number of carboxylic acid groups (broad SMARTS) is 5. The first kappa shape index (κ1) is 30.4. The maximum Gasteiger partial charge on any atom is 0.317 e. The average Bonchev–Trinajstić information content (AvgIpc) is 2.62. The van der Waals surface area contributed by atoms with Crippen molar-refractivity contribution >= 4 is 29.8 Å². The SMILES string of the molecule is CC.CCC(CN(CCN(CC(=O)O)CC(=O)O)CC(=O)O)N(CC(=O)O)CC(=O)O. The van der Waals surface area contributed by atoms with Gasteiger partial charge in [-0.25, -0.2) is 0 Å². The van der Waals surface area contributed by atoms with E-state index in [1.807, 2.05) is 13.8 Å². The molecule has 0 spiro atoms. The van der Waals surface area contributed by atoms with Gasteiger partial charge in [0.05, 0.1) is 32.7 Å². The highest BCUT2D eigenvalue weighted by molar-refractivity contribution is 5.73. The Morgan fingerprint density at radius 2 is 0.935 bits per heavy atom. The summed E-state index contributed by atoms with van der Waals surface area (Å²) in [6, 6.07) is -0.589. The predicted molar refractivity (Wildman–Crippen MR) is 108 cm³/mol. The fourth-order valence-electron chi connectivity index (χ4n) is 2.77. The van der Waals surface area contributed by atoms with Crippen LogP contribution < -0.4 is 0 Å². The molecular formula is C18H33N3O10. The molecule has 0 heterocycles. The number of aliphatic carboxylic acids is 5. The van der Waals surface area contributed by atoms with Crippen LogP contribution in [-0.2, 0) is 24.0 Å². The van der Waals surface area contributed by atoms with E-state index in [-0.39, 0.29) is 19.6 Å². The van der Waals surface area contributed by atoms with Crippen molar-refractivity contribution in [2.75, 3.05) is 52.4 Å². The van der Waals surface area contributed by atoms with E-state index in [1.165, 1.54) is 9.80 Å². The molecule has 0 amide bonds. The fraction of sp³-hybridized carbons (Fsp3) is 0.722. The van der Waals surface area contributed by atoms with Crippen molar-refractivity contribution in [1.29, 1.82) is 0 Å². The molecule has 1 atom stereocenters. The van der Waals surface area contributed by atoms with Gasteiger partial charge in [-0.3, -0.25) is 38.7 Å². The minimum Gasteiger partial charge on any atom is -0.480 e. The molecule has 0 fully saturated rings. The lowest BCUT2D eigenvalue weighted by molar-refractivity contribution is -0.144. The van der Waals surface area contributed by atoms with Crippen LogP contribution in [-0.4, -0.2) is 128 Å². The predicted octanol–water partition coefficient (Wildman–Crippen LogP) is -0.880. The molecule has 0 aromatic carbocycles. The van der Waals surface area contributed by atoms with E-state index in [0.717, 1.165) is 4.90 Å². The second kappa shape index (κ2) is 17.0. The van der Waals surface area contributed by atoms with E-state index in [4.69, 9.17) is 25.5 Å². The van der Waals surface area contributed by atoms with Gasteiger partial charge in [0.1, 0.15) is 0 Å². The number of nitrogens with zero attached hydrogens (tertiary/aromatic N) is 3. The summed E-state index contributed by atoms with van der Waals surface area (Å²) in [6.07, 6.45) is 0.338. The van der Waals surface area contributed by atoms with Crippen LogP contribution >= 0.6 is 0 Å². The standard InChI is InChI=1S/C16H27N3O10.C2H6/c1-2-11(19(9-15(26)27)10-16(28)29)5-17(6-12(20)21)3-4-18(7-13(22)23)8-14(24)25;1-2/h11H,2-10H2,1H3,(H,20,21)(H,22,23)(H,24,25)(H,26,27)(H,28,29);1-2H3. The molecule has 0 aliphatic carbocycles. The summed E-state index contributed by atoms with van der Waals surface area (Å²) in [6.45, 7) is 3.00. The summed E-state index contributed by atoms with van der Waals surface area (Å²) in [5.41, 5.74) is 0. The van der Waals surface area contributed by atoms with Gasteiger partial charge in [0.15, 0.2) is 0 Å².